The number of rotatable bonds is 10. The Kier molecular flexibility index (Phi) is 38.0. The molecule has 6 atom stereocenters. The summed E-state index contributed by atoms with van der Waals surface area (Å²) in [6.45, 7) is 13.7. The summed E-state index contributed by atoms with van der Waals surface area (Å²) in [7, 11) is 0. The van der Waals surface area contributed by atoms with Crippen LogP contribution in [-0.4, -0.2) is 101 Å². The van der Waals surface area contributed by atoms with Gasteiger partial charge in [-0.1, -0.05) is 26.7 Å². The van der Waals surface area contributed by atoms with E-state index in [1.807, 2.05) is 0 Å². The molecule has 31 heavy (non-hydrogen) atoms. The maximum absolute atomic E-state index is 8.96. The van der Waals surface area contributed by atoms with E-state index in [-0.39, 0.29) is 21.7 Å². The Hall–Kier alpha value is 0.314. The molecule has 0 heterocycles. The summed E-state index contributed by atoms with van der Waals surface area (Å²) in [5, 5.41) is 69.9. The van der Waals surface area contributed by atoms with Crippen molar-refractivity contribution in [3.8, 4) is 0 Å². The van der Waals surface area contributed by atoms with Crippen LogP contribution in [0.25, 0.3) is 0 Å². The summed E-state index contributed by atoms with van der Waals surface area (Å²) in [4.78, 5) is 2.33. The largest absolute Gasteiger partial charge is 2.00 e. The van der Waals surface area contributed by atoms with Crippen LogP contribution in [-0.2, 0) is 21.7 Å². The van der Waals surface area contributed by atoms with Crippen molar-refractivity contribution in [1.29, 1.82) is 0 Å². The van der Waals surface area contributed by atoms with Crippen LogP contribution in [0.2, 0.25) is 0 Å². The van der Waals surface area contributed by atoms with Gasteiger partial charge in [-0.3, -0.25) is 0 Å². The Bertz CT molecular complexity index is 252. The molecular formula is C20H50N2O8Ti+2. The van der Waals surface area contributed by atoms with E-state index in [0.29, 0.717) is 13.2 Å². The van der Waals surface area contributed by atoms with Gasteiger partial charge in [-0.05, 0) is 54.4 Å². The smallest absolute Gasteiger partial charge is 0.396 e. The zero-order chi connectivity index (χ0) is 24.9. The standard InChI is InChI=1S/2C6H15NO3.2C4H10O.Ti/c2*1-4(8)7(5(2)9)6(3)10;2*1-2-3-4-5;/h2*4-6,8-10H,1-3H3;2*5H,2-4H2,1H3;/q;;;;+2. The Morgan fingerprint density at radius 1 is 0.484 bits per heavy atom. The van der Waals surface area contributed by atoms with Crippen molar-refractivity contribution in [2.24, 2.45) is 0 Å². The number of hydrogen-bond acceptors (Lipinski definition) is 10. The number of unbranched alkanes of at least 4 members (excludes halogenated alkanes) is 2. The molecule has 0 aromatic rings. The first-order valence-electron chi connectivity index (χ1n) is 10.6. The molecule has 6 unspecified atom stereocenters. The van der Waals surface area contributed by atoms with Crippen LogP contribution >= 0.6 is 0 Å². The molecule has 0 fully saturated rings. The van der Waals surface area contributed by atoms with Gasteiger partial charge in [0.2, 0.25) is 0 Å². The van der Waals surface area contributed by atoms with Gasteiger partial charge in [0.15, 0.2) is 0 Å². The molecule has 0 saturated carbocycles. The zero-order valence-corrected chi connectivity index (χ0v) is 22.2. The van der Waals surface area contributed by atoms with Crippen molar-refractivity contribution in [2.75, 3.05) is 13.2 Å². The first-order chi connectivity index (χ1) is 13.8. The van der Waals surface area contributed by atoms with Crippen molar-refractivity contribution < 1.29 is 62.6 Å². The Balaban J connectivity index is -0.000000101. The number of hydrogen-bond donors (Lipinski definition) is 8. The first kappa shape index (κ1) is 41.6. The van der Waals surface area contributed by atoms with Gasteiger partial charge in [-0.2, -0.15) is 0 Å². The number of aliphatic hydroxyl groups is 8. The molecule has 0 radical (unpaired) electrons. The van der Waals surface area contributed by atoms with E-state index in [4.69, 9.17) is 40.9 Å². The van der Waals surface area contributed by atoms with Gasteiger partial charge < -0.3 is 40.9 Å². The van der Waals surface area contributed by atoms with Gasteiger partial charge in [0, 0.05) is 13.2 Å². The van der Waals surface area contributed by atoms with Crippen LogP contribution in [0.3, 0.4) is 0 Å². The average Bonchev–Trinajstić information content (AvgIpc) is 2.55. The minimum atomic E-state index is -0.833. The van der Waals surface area contributed by atoms with E-state index in [2.05, 4.69) is 13.8 Å². The minimum Gasteiger partial charge on any atom is -0.396 e. The van der Waals surface area contributed by atoms with Crippen LogP contribution < -0.4 is 0 Å². The number of aliphatic hydroxyl groups excluding tert-OH is 8. The molecule has 0 saturated heterocycles. The van der Waals surface area contributed by atoms with Crippen LogP contribution in [0.4, 0.5) is 0 Å². The zero-order valence-electron chi connectivity index (χ0n) is 20.7. The van der Waals surface area contributed by atoms with Crippen molar-refractivity contribution in [1.82, 2.24) is 9.80 Å². The fraction of sp³-hybridized carbons (Fsp3) is 1.00. The molecule has 10 nitrogen and oxygen atoms in total. The molecular weight excluding hydrogens is 444 g/mol. The van der Waals surface area contributed by atoms with E-state index < -0.39 is 37.4 Å². The Morgan fingerprint density at radius 2 is 0.645 bits per heavy atom. The van der Waals surface area contributed by atoms with Gasteiger partial charge >= 0.3 is 21.7 Å². The summed E-state index contributed by atoms with van der Waals surface area (Å²) in [5.41, 5.74) is 0. The van der Waals surface area contributed by atoms with Crippen LogP contribution in [0.15, 0.2) is 0 Å². The van der Waals surface area contributed by atoms with Crippen molar-refractivity contribution in [2.45, 2.75) is 118 Å². The molecule has 0 bridgehead atoms. The topological polar surface area (TPSA) is 168 Å². The third kappa shape index (κ3) is 30.3. The number of nitrogens with zero attached hydrogens (tertiary/aromatic N) is 2. The second-order valence-corrected chi connectivity index (χ2v) is 6.84. The molecule has 0 aromatic carbocycles. The molecule has 190 valence electrons. The molecule has 8 N–H and O–H groups in total. The van der Waals surface area contributed by atoms with E-state index in [1.165, 1.54) is 51.3 Å². The molecule has 0 rings (SSSR count). The summed E-state index contributed by atoms with van der Waals surface area (Å²) in [6, 6.07) is 0. The Labute approximate surface area is 204 Å². The third-order valence-electron chi connectivity index (χ3n) is 3.61. The first-order valence-corrected chi connectivity index (χ1v) is 10.6. The molecule has 0 aliphatic rings. The Morgan fingerprint density at radius 3 is 0.645 bits per heavy atom. The maximum atomic E-state index is 8.96. The van der Waals surface area contributed by atoms with Gasteiger partial charge in [0.25, 0.3) is 0 Å². The fourth-order valence-corrected chi connectivity index (χ4v) is 2.19. The van der Waals surface area contributed by atoms with E-state index in [1.54, 1.807) is 0 Å². The van der Waals surface area contributed by atoms with Crippen LogP contribution in [0, 0.1) is 0 Å². The van der Waals surface area contributed by atoms with Gasteiger partial charge in [-0.25, -0.2) is 9.80 Å². The SMILES string of the molecule is CC(O)N(C(C)O)C(C)O.CC(O)N(C(C)O)C(C)O.CCCCO.CCCCO.[Ti+2]. The quantitative estimate of drug-likeness (QED) is 0.155. The van der Waals surface area contributed by atoms with E-state index >= 15 is 0 Å². The maximum Gasteiger partial charge on any atom is 2.00 e. The van der Waals surface area contributed by atoms with E-state index in [9.17, 15) is 0 Å². The van der Waals surface area contributed by atoms with Crippen LogP contribution in [0.1, 0.15) is 81.1 Å². The summed E-state index contributed by atoms with van der Waals surface area (Å²) in [6.07, 6.45) is -0.924. The van der Waals surface area contributed by atoms with Crippen LogP contribution in [0.5, 0.6) is 0 Å². The van der Waals surface area contributed by atoms with Gasteiger partial charge in [0.1, 0.15) is 37.4 Å². The van der Waals surface area contributed by atoms with E-state index in [0.717, 1.165) is 25.7 Å². The molecule has 0 aliphatic heterocycles. The minimum absolute atomic E-state index is 0. The molecule has 0 spiro atoms. The molecule has 0 aliphatic carbocycles. The predicted molar refractivity (Wildman–Crippen MR) is 118 cm³/mol. The molecule has 11 heteroatoms. The second kappa shape index (κ2) is 28.3. The third-order valence-corrected chi connectivity index (χ3v) is 3.61. The summed E-state index contributed by atoms with van der Waals surface area (Å²) >= 11 is 0. The van der Waals surface area contributed by atoms with Gasteiger partial charge in [-0.15, -0.1) is 0 Å². The molecule has 0 aromatic heterocycles. The van der Waals surface area contributed by atoms with Crippen molar-refractivity contribution in [3.63, 3.8) is 0 Å². The summed E-state index contributed by atoms with van der Waals surface area (Å²) < 4.78 is 0. The van der Waals surface area contributed by atoms with Gasteiger partial charge in [0.05, 0.1) is 0 Å². The second-order valence-electron chi connectivity index (χ2n) is 6.84. The van der Waals surface area contributed by atoms with Crippen molar-refractivity contribution in [3.05, 3.63) is 0 Å². The fourth-order valence-electron chi connectivity index (χ4n) is 2.19. The normalized spacial score (nSPS) is 16.1. The summed E-state index contributed by atoms with van der Waals surface area (Å²) in [5.74, 6) is 0. The predicted octanol–water partition coefficient (Wildman–Crippen LogP) is 0.162. The molecule has 0 amide bonds. The average molecular weight is 494 g/mol. The monoisotopic (exact) mass is 494 g/mol. The van der Waals surface area contributed by atoms with Crippen molar-refractivity contribution >= 4 is 0 Å².